The average molecular weight is 603 g/mol. The third-order valence-electron chi connectivity index (χ3n) is 6.27. The highest BCUT2D eigenvalue weighted by molar-refractivity contribution is 5.84. The lowest BCUT2D eigenvalue weighted by Crippen LogP contribution is -2.33. The van der Waals surface area contributed by atoms with Crippen molar-refractivity contribution in [3.05, 3.63) is 58.4 Å². The van der Waals surface area contributed by atoms with Crippen molar-refractivity contribution in [3.63, 3.8) is 0 Å². The highest BCUT2D eigenvalue weighted by atomic mass is 19.4. The number of carbonyl (C=O) groups is 1. The molecule has 2 aromatic carbocycles. The van der Waals surface area contributed by atoms with Crippen LogP contribution < -0.4 is 15.1 Å². The van der Waals surface area contributed by atoms with E-state index in [9.17, 15) is 35.9 Å². The Kier molecular flexibility index (Phi) is 10.9. The highest BCUT2D eigenvalue weighted by Gasteiger charge is 2.41. The number of esters is 1. The number of unbranched alkanes of at least 4 members (excludes halogenated alkanes) is 2. The molecular weight excluding hydrogens is 570 g/mol. The van der Waals surface area contributed by atoms with E-state index in [4.69, 9.17) is 13.9 Å². The number of hydrogen-bond acceptors (Lipinski definition) is 6. The molecule has 1 aromatic heterocycles. The summed E-state index contributed by atoms with van der Waals surface area (Å²) in [6.07, 6.45) is -6.58. The number of benzene rings is 2. The second kappa shape index (κ2) is 14.0. The zero-order valence-electron chi connectivity index (χ0n) is 23.4. The third-order valence-corrected chi connectivity index (χ3v) is 6.27. The second-order valence-electron chi connectivity index (χ2n) is 10.3. The Morgan fingerprint density at radius 2 is 1.67 bits per heavy atom. The highest BCUT2D eigenvalue weighted by Crippen LogP contribution is 2.35. The van der Waals surface area contributed by atoms with Crippen molar-refractivity contribution in [1.82, 2.24) is 0 Å². The fourth-order valence-electron chi connectivity index (χ4n) is 4.12. The Morgan fingerprint density at radius 1 is 0.929 bits per heavy atom. The molecule has 3 rings (SSSR count). The molecule has 0 fully saturated rings. The van der Waals surface area contributed by atoms with E-state index >= 15 is 0 Å². The summed E-state index contributed by atoms with van der Waals surface area (Å²) in [5.41, 5.74) is -0.720. The molecule has 0 bridgehead atoms. The minimum atomic E-state index is -5.00. The number of halogens is 6. The predicted octanol–water partition coefficient (Wildman–Crippen LogP) is 8.24. The molecule has 230 valence electrons. The first-order valence-electron chi connectivity index (χ1n) is 13.5. The van der Waals surface area contributed by atoms with Crippen LogP contribution in [-0.2, 0) is 16.0 Å². The van der Waals surface area contributed by atoms with Crippen molar-refractivity contribution >= 4 is 16.9 Å². The standard InChI is InChI=1S/C30H32F6O6/c1-4-5-6-7-19-8-11-23(26(13-19)42-30(34,35)36)24-14-20-9-10-22(15-25(20)41-28(24)38)39-16-21(29(31,32)33)17-40-27(37)12-18(2)3/h8-11,13-15,18,21H,4-7,12,16-17H2,1-3H3. The van der Waals surface area contributed by atoms with Gasteiger partial charge in [0, 0.05) is 23.4 Å². The van der Waals surface area contributed by atoms with E-state index in [2.05, 4.69) is 4.74 Å². The van der Waals surface area contributed by atoms with Crippen molar-refractivity contribution < 1.29 is 49.8 Å². The van der Waals surface area contributed by atoms with Crippen LogP contribution in [0.25, 0.3) is 22.1 Å². The van der Waals surface area contributed by atoms with Crippen molar-refractivity contribution in [2.24, 2.45) is 11.8 Å². The summed E-state index contributed by atoms with van der Waals surface area (Å²) < 4.78 is 99.5. The van der Waals surface area contributed by atoms with Gasteiger partial charge in [0.25, 0.3) is 0 Å². The maximum atomic E-state index is 13.5. The van der Waals surface area contributed by atoms with Crippen molar-refractivity contribution in [3.8, 4) is 22.6 Å². The van der Waals surface area contributed by atoms with E-state index in [1.807, 2.05) is 6.92 Å². The lowest BCUT2D eigenvalue weighted by atomic mass is 10.00. The molecule has 1 unspecified atom stereocenters. The van der Waals surface area contributed by atoms with Gasteiger partial charge in [-0.15, -0.1) is 13.2 Å². The summed E-state index contributed by atoms with van der Waals surface area (Å²) >= 11 is 0. The fourth-order valence-corrected chi connectivity index (χ4v) is 4.12. The van der Waals surface area contributed by atoms with Gasteiger partial charge in [-0.05, 0) is 48.6 Å². The normalized spacial score (nSPS) is 12.9. The molecule has 1 heterocycles. The minimum Gasteiger partial charge on any atom is -0.493 e. The largest absolute Gasteiger partial charge is 0.573 e. The van der Waals surface area contributed by atoms with Crippen LogP contribution in [0.4, 0.5) is 26.3 Å². The van der Waals surface area contributed by atoms with Gasteiger partial charge < -0.3 is 18.6 Å². The average Bonchev–Trinajstić information content (AvgIpc) is 2.86. The van der Waals surface area contributed by atoms with Crippen LogP contribution in [0.2, 0.25) is 0 Å². The van der Waals surface area contributed by atoms with Gasteiger partial charge in [-0.2, -0.15) is 13.2 Å². The van der Waals surface area contributed by atoms with Gasteiger partial charge in [0.15, 0.2) is 0 Å². The molecule has 0 radical (unpaired) electrons. The van der Waals surface area contributed by atoms with Crippen LogP contribution in [0.1, 0.15) is 52.0 Å². The lowest BCUT2D eigenvalue weighted by Gasteiger charge is -2.21. The van der Waals surface area contributed by atoms with Gasteiger partial charge in [0.1, 0.15) is 36.2 Å². The van der Waals surface area contributed by atoms with Gasteiger partial charge >= 0.3 is 24.1 Å². The molecule has 0 spiro atoms. The Labute approximate surface area is 238 Å². The minimum absolute atomic E-state index is 0.0238. The van der Waals surface area contributed by atoms with E-state index < -0.39 is 49.0 Å². The third kappa shape index (κ3) is 9.70. The quantitative estimate of drug-likeness (QED) is 0.0849. The Bertz CT molecular complexity index is 1410. The predicted molar refractivity (Wildman–Crippen MR) is 143 cm³/mol. The number of aryl methyl sites for hydroxylation is 1. The zero-order valence-corrected chi connectivity index (χ0v) is 23.4. The number of alkyl halides is 6. The van der Waals surface area contributed by atoms with Gasteiger partial charge in [0.05, 0.1) is 5.56 Å². The number of fused-ring (bicyclic) bond motifs is 1. The monoisotopic (exact) mass is 602 g/mol. The summed E-state index contributed by atoms with van der Waals surface area (Å²) in [6, 6.07) is 9.46. The molecule has 6 nitrogen and oxygen atoms in total. The fraction of sp³-hybridized carbons (Fsp3) is 0.467. The van der Waals surface area contributed by atoms with Crippen LogP contribution in [-0.4, -0.2) is 31.7 Å². The maximum absolute atomic E-state index is 13.5. The SMILES string of the molecule is CCCCCc1ccc(-c2cc3ccc(OCC(COC(=O)CC(C)C)C(F)(F)F)cc3oc2=O)c(OC(F)(F)F)c1. The molecule has 0 amide bonds. The van der Waals surface area contributed by atoms with Crippen molar-refractivity contribution in [1.29, 1.82) is 0 Å². The molecule has 0 aliphatic heterocycles. The number of hydrogen-bond donors (Lipinski definition) is 0. The van der Waals surface area contributed by atoms with E-state index in [0.29, 0.717) is 12.0 Å². The topological polar surface area (TPSA) is 75.0 Å². The summed E-state index contributed by atoms with van der Waals surface area (Å²) in [4.78, 5) is 24.5. The Balaban J connectivity index is 1.84. The molecule has 0 saturated heterocycles. The molecule has 0 N–H and O–H groups in total. The Morgan fingerprint density at radius 3 is 2.31 bits per heavy atom. The summed E-state index contributed by atoms with van der Waals surface area (Å²) in [5, 5.41) is 0.289. The van der Waals surface area contributed by atoms with Crippen LogP contribution in [0, 0.1) is 11.8 Å². The molecule has 0 aliphatic rings. The molecule has 1 atom stereocenters. The van der Waals surface area contributed by atoms with E-state index in [-0.39, 0.29) is 40.2 Å². The number of ether oxygens (including phenoxy) is 3. The van der Waals surface area contributed by atoms with Gasteiger partial charge in [-0.3, -0.25) is 4.79 Å². The smallest absolute Gasteiger partial charge is 0.493 e. The molecule has 12 heteroatoms. The maximum Gasteiger partial charge on any atom is 0.573 e. The van der Waals surface area contributed by atoms with Gasteiger partial charge in [-0.25, -0.2) is 4.79 Å². The first kappa shape index (κ1) is 32.8. The number of carbonyl (C=O) groups excluding carboxylic acids is 1. The molecule has 42 heavy (non-hydrogen) atoms. The van der Waals surface area contributed by atoms with Crippen LogP contribution in [0.5, 0.6) is 11.5 Å². The molecule has 3 aromatic rings. The van der Waals surface area contributed by atoms with Gasteiger partial charge in [-0.1, -0.05) is 45.7 Å². The second-order valence-corrected chi connectivity index (χ2v) is 10.3. The first-order chi connectivity index (χ1) is 19.7. The Hall–Kier alpha value is -3.70. The van der Waals surface area contributed by atoms with Crippen LogP contribution in [0.15, 0.2) is 51.7 Å². The van der Waals surface area contributed by atoms with Gasteiger partial charge in [0.2, 0.25) is 0 Å². The lowest BCUT2D eigenvalue weighted by molar-refractivity contribution is -0.274. The van der Waals surface area contributed by atoms with Crippen molar-refractivity contribution in [2.45, 2.75) is 65.4 Å². The zero-order chi connectivity index (χ0) is 31.1. The van der Waals surface area contributed by atoms with Crippen LogP contribution >= 0.6 is 0 Å². The first-order valence-corrected chi connectivity index (χ1v) is 13.5. The molecule has 0 aliphatic carbocycles. The van der Waals surface area contributed by atoms with E-state index in [1.165, 1.54) is 36.4 Å². The molecular formula is C30H32F6O6. The van der Waals surface area contributed by atoms with Crippen LogP contribution in [0.3, 0.4) is 0 Å². The number of rotatable bonds is 13. The molecule has 0 saturated carbocycles. The summed E-state index contributed by atoms with van der Waals surface area (Å²) in [6.45, 7) is 3.68. The van der Waals surface area contributed by atoms with E-state index in [0.717, 1.165) is 19.3 Å². The van der Waals surface area contributed by atoms with Crippen molar-refractivity contribution in [2.75, 3.05) is 13.2 Å². The summed E-state index contributed by atoms with van der Waals surface area (Å²) in [7, 11) is 0. The summed E-state index contributed by atoms with van der Waals surface area (Å²) in [5.74, 6) is -3.54. The van der Waals surface area contributed by atoms with E-state index in [1.54, 1.807) is 19.9 Å².